The van der Waals surface area contributed by atoms with Gasteiger partial charge in [0.15, 0.2) is 17.2 Å². The number of carbonyl (C=O) groups excluding carboxylic acids is 1. The molecule has 4 saturated carbocycles. The highest BCUT2D eigenvalue weighted by Crippen LogP contribution is 2.57. The number of nitrogens with one attached hydrogen (secondary N) is 3. The van der Waals surface area contributed by atoms with Crippen molar-refractivity contribution in [3.63, 3.8) is 0 Å². The second kappa shape index (κ2) is 8.51. The molecule has 3 atom stereocenters. The number of ether oxygens (including phenoxy) is 1. The molecule has 0 spiro atoms. The number of amides is 1. The van der Waals surface area contributed by atoms with E-state index in [1.165, 1.54) is 0 Å². The third-order valence-electron chi connectivity index (χ3n) is 7.98. The number of fused-ring (bicyclic) bond motifs is 1. The first-order chi connectivity index (χ1) is 18.5. The summed E-state index contributed by atoms with van der Waals surface area (Å²) in [4.78, 5) is 25.4. The normalized spacial score (nSPS) is 27.3. The molecule has 38 heavy (non-hydrogen) atoms. The van der Waals surface area contributed by atoms with Crippen LogP contribution in [0, 0.1) is 17.2 Å². The fraction of sp³-hybridized carbons (Fsp3) is 0.385. The van der Waals surface area contributed by atoms with Crippen molar-refractivity contribution in [3.05, 3.63) is 54.4 Å². The monoisotopic (exact) mass is 513 g/mol. The standard InChI is InChI=1S/C26H24FN9O2/c27-22-17(3-4-20(22)38-25(37)33-26-7-14(8-26)9-26)19-6-21(35-34-19)32-24-30-12-18(15-2-1-5-29-11-15)23-31-16(10-28)13-36(23)24/h1-2,5-6,11-14,17,20,22H,3-4,7-9H2,(H,33,37)(H2,30,32,34,35)/t14?,17-,20-,22+,26?/m1/s1. The first-order valence-electron chi connectivity index (χ1n) is 12.6. The van der Waals surface area contributed by atoms with Crippen LogP contribution < -0.4 is 10.6 Å². The van der Waals surface area contributed by atoms with Gasteiger partial charge in [0.25, 0.3) is 0 Å². The number of nitrogens with zero attached hydrogens (tertiary/aromatic N) is 6. The number of alkyl halides is 1. The second-order valence-corrected chi connectivity index (χ2v) is 10.5. The van der Waals surface area contributed by atoms with Gasteiger partial charge < -0.3 is 15.4 Å². The lowest BCUT2D eigenvalue weighted by Crippen LogP contribution is -2.68. The van der Waals surface area contributed by atoms with Gasteiger partial charge in [-0.3, -0.25) is 14.5 Å². The summed E-state index contributed by atoms with van der Waals surface area (Å²) in [6.45, 7) is 0. The van der Waals surface area contributed by atoms with E-state index in [4.69, 9.17) is 4.74 Å². The Hall–Kier alpha value is -4.53. The molecule has 1 amide bonds. The molecule has 4 heterocycles. The molecule has 3 N–H and O–H groups in total. The number of H-pyrrole nitrogens is 1. The molecule has 4 aromatic heterocycles. The fourth-order valence-electron chi connectivity index (χ4n) is 5.94. The average Bonchev–Trinajstić information content (AvgIpc) is 3.61. The number of carbonyl (C=O) groups is 1. The van der Waals surface area contributed by atoms with Gasteiger partial charge in [-0.1, -0.05) is 6.07 Å². The molecule has 0 radical (unpaired) electrons. The zero-order chi connectivity index (χ0) is 25.9. The third-order valence-corrected chi connectivity index (χ3v) is 7.98. The van der Waals surface area contributed by atoms with Gasteiger partial charge in [0.05, 0.1) is 6.20 Å². The van der Waals surface area contributed by atoms with Crippen LogP contribution >= 0.6 is 0 Å². The van der Waals surface area contributed by atoms with Crippen LogP contribution in [0.5, 0.6) is 0 Å². The van der Waals surface area contributed by atoms with Crippen molar-refractivity contribution in [2.75, 3.05) is 5.32 Å². The average molecular weight is 514 g/mol. The van der Waals surface area contributed by atoms with Crippen molar-refractivity contribution in [3.8, 4) is 17.2 Å². The van der Waals surface area contributed by atoms with E-state index >= 15 is 4.39 Å². The molecule has 0 aliphatic heterocycles. The molecule has 4 aliphatic rings. The number of hydrogen-bond donors (Lipinski definition) is 3. The number of anilines is 2. The quantitative estimate of drug-likeness (QED) is 0.351. The molecular formula is C26H24FN9O2. The highest BCUT2D eigenvalue weighted by molar-refractivity contribution is 5.78. The van der Waals surface area contributed by atoms with Crippen molar-refractivity contribution in [1.29, 1.82) is 5.26 Å². The Morgan fingerprint density at radius 3 is 2.89 bits per heavy atom. The number of pyridine rings is 1. The summed E-state index contributed by atoms with van der Waals surface area (Å²) >= 11 is 0. The molecule has 12 heteroatoms. The minimum atomic E-state index is -1.34. The molecule has 192 valence electrons. The SMILES string of the molecule is N#Cc1cn2c(Nc3cc([C@H]4CC[C@@H](OC(=O)NC56CC(C5)C6)[C@H]4F)[nH]n3)ncc(-c3cccnc3)c2n1. The Bertz CT molecular complexity index is 1560. The van der Waals surface area contributed by atoms with Gasteiger partial charge >= 0.3 is 6.09 Å². The van der Waals surface area contributed by atoms with Gasteiger partial charge in [0.2, 0.25) is 5.95 Å². The van der Waals surface area contributed by atoms with Gasteiger partial charge in [-0.15, -0.1) is 0 Å². The van der Waals surface area contributed by atoms with Crippen LogP contribution in [0.25, 0.3) is 16.8 Å². The third kappa shape index (κ3) is 3.73. The maximum atomic E-state index is 15.3. The fourth-order valence-corrected chi connectivity index (χ4v) is 5.94. The maximum Gasteiger partial charge on any atom is 0.407 e. The van der Waals surface area contributed by atoms with Gasteiger partial charge in [0, 0.05) is 52.9 Å². The minimum absolute atomic E-state index is 0.103. The Morgan fingerprint density at radius 2 is 2.16 bits per heavy atom. The number of nitriles is 1. The predicted molar refractivity (Wildman–Crippen MR) is 133 cm³/mol. The van der Waals surface area contributed by atoms with Crippen LogP contribution in [0.4, 0.5) is 21.0 Å². The zero-order valence-electron chi connectivity index (χ0n) is 20.3. The molecule has 11 nitrogen and oxygen atoms in total. The van der Waals surface area contributed by atoms with Crippen LogP contribution in [-0.2, 0) is 4.74 Å². The van der Waals surface area contributed by atoms with E-state index in [9.17, 15) is 10.1 Å². The summed E-state index contributed by atoms with van der Waals surface area (Å²) in [6, 6.07) is 7.50. The number of imidazole rings is 1. The van der Waals surface area contributed by atoms with E-state index in [-0.39, 0.29) is 11.2 Å². The lowest BCUT2D eigenvalue weighted by molar-refractivity contribution is -0.0532. The van der Waals surface area contributed by atoms with E-state index in [1.807, 2.05) is 12.1 Å². The van der Waals surface area contributed by atoms with Crippen molar-refractivity contribution < 1.29 is 13.9 Å². The number of aromatic amines is 1. The number of aromatic nitrogens is 6. The summed E-state index contributed by atoms with van der Waals surface area (Å²) in [7, 11) is 0. The molecule has 4 fully saturated rings. The van der Waals surface area contributed by atoms with Crippen LogP contribution in [0.15, 0.2) is 43.0 Å². The van der Waals surface area contributed by atoms with Gasteiger partial charge in [0.1, 0.15) is 18.3 Å². The van der Waals surface area contributed by atoms with Crippen molar-refractivity contribution >= 4 is 23.5 Å². The molecule has 8 rings (SSSR count). The highest BCUT2D eigenvalue weighted by Gasteiger charge is 2.58. The van der Waals surface area contributed by atoms with Crippen molar-refractivity contribution in [2.24, 2.45) is 5.92 Å². The van der Waals surface area contributed by atoms with Gasteiger partial charge in [-0.05, 0) is 44.1 Å². The summed E-state index contributed by atoms with van der Waals surface area (Å²) < 4.78 is 22.4. The van der Waals surface area contributed by atoms with E-state index in [2.05, 4.69) is 41.9 Å². The lowest BCUT2D eigenvalue weighted by Gasteiger charge is -2.61. The first-order valence-corrected chi connectivity index (χ1v) is 12.6. The number of rotatable bonds is 6. The van der Waals surface area contributed by atoms with E-state index in [0.717, 1.165) is 36.3 Å². The molecular weight excluding hydrogens is 489 g/mol. The van der Waals surface area contributed by atoms with Crippen LogP contribution in [0.1, 0.15) is 49.4 Å². The Labute approximate surface area is 216 Å². The van der Waals surface area contributed by atoms with Crippen molar-refractivity contribution in [2.45, 2.75) is 55.8 Å². The number of alkyl carbamates (subject to hydrolysis) is 1. The largest absolute Gasteiger partial charge is 0.443 e. The van der Waals surface area contributed by atoms with Gasteiger partial charge in [-0.2, -0.15) is 10.4 Å². The lowest BCUT2D eigenvalue weighted by atomic mass is 9.50. The van der Waals surface area contributed by atoms with E-state index in [0.29, 0.717) is 35.9 Å². The van der Waals surface area contributed by atoms with Crippen molar-refractivity contribution in [1.82, 2.24) is 34.9 Å². The predicted octanol–water partition coefficient (Wildman–Crippen LogP) is 3.99. The zero-order valence-corrected chi connectivity index (χ0v) is 20.3. The van der Waals surface area contributed by atoms with Crippen LogP contribution in [0.3, 0.4) is 0 Å². The van der Waals surface area contributed by atoms with Gasteiger partial charge in [-0.25, -0.2) is 19.2 Å². The van der Waals surface area contributed by atoms with Crippen LogP contribution in [-0.4, -0.2) is 53.5 Å². The Kier molecular flexibility index (Phi) is 5.07. The molecule has 0 unspecified atom stereocenters. The smallest absolute Gasteiger partial charge is 0.407 e. The second-order valence-electron chi connectivity index (χ2n) is 10.5. The summed E-state index contributed by atoms with van der Waals surface area (Å²) in [5.41, 5.74) is 2.83. The molecule has 2 bridgehead atoms. The number of hydrogen-bond acceptors (Lipinski definition) is 8. The summed E-state index contributed by atoms with van der Waals surface area (Å²) in [5.74, 6) is 1.10. The van der Waals surface area contributed by atoms with E-state index in [1.54, 1.807) is 35.3 Å². The minimum Gasteiger partial charge on any atom is -0.443 e. The topological polar surface area (TPSA) is 146 Å². The molecule has 4 aliphatic carbocycles. The molecule has 4 aromatic rings. The summed E-state index contributed by atoms with van der Waals surface area (Å²) in [6.07, 6.45) is 7.97. The maximum absolute atomic E-state index is 15.3. The van der Waals surface area contributed by atoms with E-state index < -0.39 is 24.3 Å². The Balaban J connectivity index is 1.07. The molecule has 0 aromatic carbocycles. The molecule has 0 saturated heterocycles. The number of halogens is 1. The first kappa shape index (κ1) is 22.7. The Morgan fingerprint density at radius 1 is 1.29 bits per heavy atom. The summed E-state index contributed by atoms with van der Waals surface area (Å²) in [5, 5.41) is 22.7. The highest BCUT2D eigenvalue weighted by atomic mass is 19.1. The van der Waals surface area contributed by atoms with Crippen LogP contribution in [0.2, 0.25) is 0 Å².